The second kappa shape index (κ2) is 10.3. The van der Waals surface area contributed by atoms with E-state index in [9.17, 15) is 4.79 Å². The van der Waals surface area contributed by atoms with Crippen molar-refractivity contribution in [1.82, 2.24) is 20.2 Å². The number of nitrogens with zero attached hydrogens (tertiary/aromatic N) is 4. The fourth-order valence-corrected chi connectivity index (χ4v) is 5.25. The third-order valence-corrected chi connectivity index (χ3v) is 7.50. The van der Waals surface area contributed by atoms with Crippen molar-refractivity contribution >= 4 is 34.8 Å². The van der Waals surface area contributed by atoms with Crippen LogP contribution in [0.25, 0.3) is 0 Å². The largest absolute Gasteiger partial charge is 0.354 e. The molecule has 1 aromatic carbocycles. The molecule has 0 radical (unpaired) electrons. The Morgan fingerprint density at radius 1 is 1.16 bits per heavy atom. The Labute approximate surface area is 191 Å². The lowest BCUT2D eigenvalue weighted by atomic mass is 10.1. The Bertz CT molecular complexity index is 1010. The molecule has 0 spiro atoms. The molecule has 3 aromatic rings. The van der Waals surface area contributed by atoms with E-state index in [1.165, 1.54) is 5.56 Å². The van der Waals surface area contributed by atoms with Crippen LogP contribution in [0.1, 0.15) is 27.2 Å². The number of likely N-dealkylation sites (N-methyl/N-ethyl adjacent to an activating group) is 1. The molecule has 8 heteroatoms. The smallest absolute Gasteiger partial charge is 0.251 e. The standard InChI is InChI=1S/C23H27N5OS2/c1-17-15-30-23(26-17)31-16-18-5-7-19(8-6-18)22(29)25-14-20-4-3-9-24-21(20)28-12-10-27(2)11-13-28/h3-9,15H,10-14,16H2,1-2H3,(H,25,29). The van der Waals surface area contributed by atoms with Crippen molar-refractivity contribution in [2.75, 3.05) is 38.1 Å². The molecule has 3 heterocycles. The number of amides is 1. The molecule has 1 saturated heterocycles. The van der Waals surface area contributed by atoms with Crippen molar-refractivity contribution in [2.45, 2.75) is 23.6 Å². The molecular weight excluding hydrogens is 426 g/mol. The number of anilines is 1. The van der Waals surface area contributed by atoms with Gasteiger partial charge in [-0.3, -0.25) is 4.79 Å². The number of benzene rings is 1. The SMILES string of the molecule is Cc1csc(SCc2ccc(C(=O)NCc3cccnc3N3CCN(C)CC3)cc2)n1. The molecule has 1 aliphatic rings. The Morgan fingerprint density at radius 2 is 1.94 bits per heavy atom. The fourth-order valence-electron chi connectivity index (χ4n) is 3.44. The van der Waals surface area contributed by atoms with Gasteiger partial charge in [0.2, 0.25) is 0 Å². The molecule has 0 unspecified atom stereocenters. The van der Waals surface area contributed by atoms with Crippen molar-refractivity contribution in [3.05, 3.63) is 70.4 Å². The summed E-state index contributed by atoms with van der Waals surface area (Å²) in [5.74, 6) is 1.75. The molecule has 2 aromatic heterocycles. The van der Waals surface area contributed by atoms with Gasteiger partial charge in [-0.1, -0.05) is 30.0 Å². The zero-order valence-corrected chi connectivity index (χ0v) is 19.5. The van der Waals surface area contributed by atoms with Crippen LogP contribution < -0.4 is 10.2 Å². The molecule has 1 aliphatic heterocycles. The van der Waals surface area contributed by atoms with Gasteiger partial charge in [0.15, 0.2) is 0 Å². The molecule has 162 valence electrons. The molecular formula is C23H27N5OS2. The van der Waals surface area contributed by atoms with Gasteiger partial charge in [-0.15, -0.1) is 11.3 Å². The van der Waals surface area contributed by atoms with Crippen molar-refractivity contribution in [3.63, 3.8) is 0 Å². The number of piperazine rings is 1. The van der Waals surface area contributed by atoms with Gasteiger partial charge < -0.3 is 15.1 Å². The molecule has 0 aliphatic carbocycles. The van der Waals surface area contributed by atoms with E-state index in [0.717, 1.165) is 53.3 Å². The van der Waals surface area contributed by atoms with Crippen LogP contribution in [0.15, 0.2) is 52.3 Å². The topological polar surface area (TPSA) is 61.4 Å². The average molecular weight is 454 g/mol. The summed E-state index contributed by atoms with van der Waals surface area (Å²) in [6, 6.07) is 11.8. The number of carbonyl (C=O) groups excluding carboxylic acids is 1. The first kappa shape index (κ1) is 21.8. The monoisotopic (exact) mass is 453 g/mol. The first-order valence-corrected chi connectivity index (χ1v) is 12.2. The molecule has 31 heavy (non-hydrogen) atoms. The molecule has 0 saturated carbocycles. The molecule has 1 amide bonds. The number of thiazole rings is 1. The number of hydrogen-bond donors (Lipinski definition) is 1. The van der Waals surface area contributed by atoms with Crippen LogP contribution in [-0.2, 0) is 12.3 Å². The van der Waals surface area contributed by atoms with E-state index in [4.69, 9.17) is 0 Å². The molecule has 1 fully saturated rings. The van der Waals surface area contributed by atoms with Crippen molar-refractivity contribution in [1.29, 1.82) is 0 Å². The quantitative estimate of drug-likeness (QED) is 0.549. The number of rotatable bonds is 7. The predicted octanol–water partition coefficient (Wildman–Crippen LogP) is 3.82. The van der Waals surface area contributed by atoms with E-state index >= 15 is 0 Å². The molecule has 0 atom stereocenters. The number of pyridine rings is 1. The van der Waals surface area contributed by atoms with Crippen molar-refractivity contribution in [2.24, 2.45) is 0 Å². The molecule has 1 N–H and O–H groups in total. The summed E-state index contributed by atoms with van der Waals surface area (Å²) in [7, 11) is 2.14. The number of thioether (sulfide) groups is 1. The zero-order chi connectivity index (χ0) is 21.6. The summed E-state index contributed by atoms with van der Waals surface area (Å²) < 4.78 is 1.08. The van der Waals surface area contributed by atoms with E-state index in [1.54, 1.807) is 23.1 Å². The maximum absolute atomic E-state index is 12.7. The van der Waals surface area contributed by atoms with Crippen LogP contribution in [0, 0.1) is 6.92 Å². The zero-order valence-electron chi connectivity index (χ0n) is 17.9. The predicted molar refractivity (Wildman–Crippen MR) is 128 cm³/mol. The summed E-state index contributed by atoms with van der Waals surface area (Å²) in [6.07, 6.45) is 1.82. The summed E-state index contributed by atoms with van der Waals surface area (Å²) in [6.45, 7) is 6.43. The van der Waals surface area contributed by atoms with Gasteiger partial charge in [-0.25, -0.2) is 9.97 Å². The summed E-state index contributed by atoms with van der Waals surface area (Å²) in [5, 5.41) is 5.12. The van der Waals surface area contributed by atoms with Crippen LogP contribution in [0.5, 0.6) is 0 Å². The van der Waals surface area contributed by atoms with Gasteiger partial charge in [0.05, 0.1) is 0 Å². The second-order valence-corrected chi connectivity index (χ2v) is 9.78. The van der Waals surface area contributed by atoms with E-state index in [2.05, 4.69) is 37.5 Å². The lowest BCUT2D eigenvalue weighted by Gasteiger charge is -2.34. The third-order valence-electron chi connectivity index (χ3n) is 5.29. The number of nitrogens with one attached hydrogen (secondary N) is 1. The summed E-state index contributed by atoms with van der Waals surface area (Å²) >= 11 is 3.39. The van der Waals surface area contributed by atoms with E-state index in [0.29, 0.717) is 12.1 Å². The molecule has 0 bridgehead atoms. The Kier molecular flexibility index (Phi) is 7.21. The summed E-state index contributed by atoms with van der Waals surface area (Å²) in [4.78, 5) is 26.4. The number of carbonyl (C=O) groups is 1. The highest BCUT2D eigenvalue weighted by Gasteiger charge is 2.18. The first-order chi connectivity index (χ1) is 15.1. The third kappa shape index (κ3) is 5.84. The summed E-state index contributed by atoms with van der Waals surface area (Å²) in [5.41, 5.74) is 3.96. The van der Waals surface area contributed by atoms with Crippen LogP contribution in [-0.4, -0.2) is 54.0 Å². The highest BCUT2D eigenvalue weighted by atomic mass is 32.2. The van der Waals surface area contributed by atoms with E-state index < -0.39 is 0 Å². The van der Waals surface area contributed by atoms with Crippen molar-refractivity contribution in [3.8, 4) is 0 Å². The number of hydrogen-bond acceptors (Lipinski definition) is 7. The van der Waals surface area contributed by atoms with Gasteiger partial charge >= 0.3 is 0 Å². The van der Waals surface area contributed by atoms with Crippen LogP contribution >= 0.6 is 23.1 Å². The molecule has 6 nitrogen and oxygen atoms in total. The van der Waals surface area contributed by atoms with Gasteiger partial charge in [0.25, 0.3) is 5.91 Å². The maximum atomic E-state index is 12.7. The molecule has 4 rings (SSSR count). The van der Waals surface area contributed by atoms with Crippen molar-refractivity contribution < 1.29 is 4.79 Å². The van der Waals surface area contributed by atoms with E-state index in [1.807, 2.05) is 49.5 Å². The number of aryl methyl sites for hydroxylation is 1. The van der Waals surface area contributed by atoms with Gasteiger partial charge in [0, 0.05) is 66.9 Å². The lowest BCUT2D eigenvalue weighted by Crippen LogP contribution is -2.45. The normalized spacial score (nSPS) is 14.6. The highest BCUT2D eigenvalue weighted by Crippen LogP contribution is 2.26. The van der Waals surface area contributed by atoms with Gasteiger partial charge in [0.1, 0.15) is 10.2 Å². The van der Waals surface area contributed by atoms with Gasteiger partial charge in [-0.2, -0.15) is 0 Å². The van der Waals surface area contributed by atoms with Gasteiger partial charge in [-0.05, 0) is 37.7 Å². The maximum Gasteiger partial charge on any atom is 0.251 e. The second-order valence-electron chi connectivity index (χ2n) is 7.70. The van der Waals surface area contributed by atoms with E-state index in [-0.39, 0.29) is 5.91 Å². The minimum Gasteiger partial charge on any atom is -0.354 e. The number of aromatic nitrogens is 2. The Morgan fingerprint density at radius 3 is 2.65 bits per heavy atom. The van der Waals surface area contributed by atoms with Crippen LogP contribution in [0.3, 0.4) is 0 Å². The Balaban J connectivity index is 1.33. The average Bonchev–Trinajstić information content (AvgIpc) is 3.22. The highest BCUT2D eigenvalue weighted by molar-refractivity contribution is 8.00. The minimum atomic E-state index is -0.0667. The Hall–Kier alpha value is -2.42. The van der Waals surface area contributed by atoms with Crippen LogP contribution in [0.4, 0.5) is 5.82 Å². The minimum absolute atomic E-state index is 0.0667. The van der Waals surface area contributed by atoms with Crippen LogP contribution in [0.2, 0.25) is 0 Å². The lowest BCUT2D eigenvalue weighted by molar-refractivity contribution is 0.0951. The first-order valence-electron chi connectivity index (χ1n) is 10.4. The fraction of sp³-hybridized carbons (Fsp3) is 0.348.